The third kappa shape index (κ3) is 31.7. The van der Waals surface area contributed by atoms with Gasteiger partial charge in [-0.3, -0.25) is 0 Å². The number of rotatable bonds is 36. The van der Waals surface area contributed by atoms with E-state index in [4.69, 9.17) is 0 Å². The maximum absolute atomic E-state index is 2.34. The summed E-state index contributed by atoms with van der Waals surface area (Å²) in [5.41, 5.74) is 0. The Kier molecular flexibility index (Phi) is 39.6. The van der Waals surface area contributed by atoms with Crippen molar-refractivity contribution in [1.82, 2.24) is 0 Å². The van der Waals surface area contributed by atoms with Crippen LogP contribution in [-0.2, 0) is 0 Å². The van der Waals surface area contributed by atoms with Crippen molar-refractivity contribution in [1.29, 1.82) is 0 Å². The Morgan fingerprint density at radius 3 is 0.524 bits per heavy atom. The second-order valence-corrected chi connectivity index (χ2v) is 14.1. The van der Waals surface area contributed by atoms with Gasteiger partial charge in [0.2, 0.25) is 0 Å². The van der Waals surface area contributed by atoms with E-state index in [-0.39, 0.29) is 12.4 Å². The van der Waals surface area contributed by atoms with Crippen molar-refractivity contribution in [2.45, 2.75) is 233 Å². The van der Waals surface area contributed by atoms with Gasteiger partial charge >= 0.3 is 0 Å². The van der Waals surface area contributed by atoms with Gasteiger partial charge in [-0.2, -0.15) is 0 Å². The minimum absolute atomic E-state index is 0. The summed E-state index contributed by atoms with van der Waals surface area (Å²) in [7, 11) is 0. The number of unbranched alkanes of at least 4 members (excludes halogenated alkanes) is 28. The summed E-state index contributed by atoms with van der Waals surface area (Å²) >= 11 is 0. The molecule has 0 saturated carbocycles. The van der Waals surface area contributed by atoms with Crippen molar-refractivity contribution < 1.29 is 16.9 Å². The van der Waals surface area contributed by atoms with Crippen LogP contribution in [0.15, 0.2) is 0 Å². The van der Waals surface area contributed by atoms with Gasteiger partial charge in [0, 0.05) is 0 Å². The molecule has 0 amide bonds. The van der Waals surface area contributed by atoms with Gasteiger partial charge in [-0.15, -0.1) is 0 Å². The molecule has 0 spiro atoms. The normalized spacial score (nSPS) is 11.7. The van der Waals surface area contributed by atoms with Gasteiger partial charge in [0.05, 0.1) is 26.2 Å². The smallest absolute Gasteiger partial charge is 0.0786 e. The Morgan fingerprint density at radius 1 is 0.214 bits per heavy atom. The van der Waals surface area contributed by atoms with Crippen molar-refractivity contribution in [2.75, 3.05) is 26.2 Å². The van der Waals surface area contributed by atoms with Crippen LogP contribution in [0, 0.1) is 0 Å². The molecule has 1 nitrogen and oxygen atoms in total. The van der Waals surface area contributed by atoms with Crippen molar-refractivity contribution in [3.63, 3.8) is 0 Å². The van der Waals surface area contributed by atoms with Crippen LogP contribution < -0.4 is 12.4 Å². The number of hydrogen-bond donors (Lipinski definition) is 0. The number of quaternary nitrogens is 1. The van der Waals surface area contributed by atoms with E-state index in [2.05, 4.69) is 27.7 Å². The van der Waals surface area contributed by atoms with Gasteiger partial charge < -0.3 is 16.9 Å². The van der Waals surface area contributed by atoms with E-state index in [0.29, 0.717) is 0 Å². The molecular weight excluding hydrogens is 530 g/mol. The van der Waals surface area contributed by atoms with Gasteiger partial charge in [0.1, 0.15) is 0 Å². The maximum atomic E-state index is 2.34. The first-order valence-electron chi connectivity index (χ1n) is 20.1. The molecule has 0 aliphatic rings. The van der Waals surface area contributed by atoms with Crippen molar-refractivity contribution in [2.24, 2.45) is 0 Å². The highest BCUT2D eigenvalue weighted by Crippen LogP contribution is 2.21. The minimum atomic E-state index is 0. The molecule has 0 N–H and O–H groups in total. The number of nitrogens with zero attached hydrogens (tertiary/aromatic N) is 1. The van der Waals surface area contributed by atoms with Crippen molar-refractivity contribution in [3.8, 4) is 0 Å². The van der Waals surface area contributed by atoms with Crippen LogP contribution in [0.5, 0.6) is 0 Å². The molecule has 0 unspecified atom stereocenters. The van der Waals surface area contributed by atoms with Crippen LogP contribution in [-0.4, -0.2) is 30.7 Å². The van der Waals surface area contributed by atoms with Crippen molar-refractivity contribution in [3.05, 3.63) is 0 Å². The summed E-state index contributed by atoms with van der Waals surface area (Å²) < 4.78 is 1.48. The molecule has 0 heterocycles. The lowest BCUT2D eigenvalue weighted by Gasteiger charge is -2.40. The van der Waals surface area contributed by atoms with Gasteiger partial charge in [-0.05, 0) is 51.4 Å². The first-order chi connectivity index (χ1) is 20.2. The number of halogens is 1. The summed E-state index contributed by atoms with van der Waals surface area (Å²) in [6.07, 6.45) is 46.7. The van der Waals surface area contributed by atoms with E-state index in [1.54, 1.807) is 0 Å². The lowest BCUT2D eigenvalue weighted by molar-refractivity contribution is -0.929. The SMILES string of the molecule is CCCCCCCCCC[N+](CCCCCCCCCC)(CCCCCCCCCC)CCCCCCCCCC.[Cl-]. The number of hydrogen-bond acceptors (Lipinski definition) is 0. The second-order valence-electron chi connectivity index (χ2n) is 14.1. The highest BCUT2D eigenvalue weighted by Gasteiger charge is 2.25. The van der Waals surface area contributed by atoms with Crippen molar-refractivity contribution >= 4 is 0 Å². The van der Waals surface area contributed by atoms with E-state index in [1.807, 2.05) is 0 Å². The molecule has 0 fully saturated rings. The first kappa shape index (κ1) is 44.4. The van der Waals surface area contributed by atoms with E-state index in [9.17, 15) is 0 Å². The average molecular weight is 615 g/mol. The first-order valence-corrected chi connectivity index (χ1v) is 20.1. The lowest BCUT2D eigenvalue weighted by atomic mass is 10.0. The molecule has 0 rings (SSSR count). The summed E-state index contributed by atoms with van der Waals surface area (Å²) in [5, 5.41) is 0. The maximum Gasteiger partial charge on any atom is 0.0786 e. The monoisotopic (exact) mass is 614 g/mol. The minimum Gasteiger partial charge on any atom is -1.00 e. The molecule has 42 heavy (non-hydrogen) atoms. The zero-order valence-corrected chi connectivity index (χ0v) is 31.0. The molecule has 0 aromatic rings. The van der Waals surface area contributed by atoms with Crippen LogP contribution >= 0.6 is 0 Å². The molecule has 0 aliphatic heterocycles. The summed E-state index contributed by atoms with van der Waals surface area (Å²) in [5.74, 6) is 0. The van der Waals surface area contributed by atoms with Crippen LogP contribution in [0.3, 0.4) is 0 Å². The van der Waals surface area contributed by atoms with Crippen LogP contribution in [0.2, 0.25) is 0 Å². The van der Waals surface area contributed by atoms with Gasteiger partial charge in [-0.1, -0.05) is 182 Å². The fourth-order valence-corrected chi connectivity index (χ4v) is 7.00. The van der Waals surface area contributed by atoms with Gasteiger partial charge in [-0.25, -0.2) is 0 Å². The largest absolute Gasteiger partial charge is 1.00 e. The van der Waals surface area contributed by atoms with E-state index in [1.165, 1.54) is 236 Å². The van der Waals surface area contributed by atoms with Crippen LogP contribution in [0.25, 0.3) is 0 Å². The third-order valence-electron chi connectivity index (χ3n) is 9.94. The van der Waals surface area contributed by atoms with E-state index < -0.39 is 0 Å². The zero-order valence-electron chi connectivity index (χ0n) is 30.3. The second kappa shape index (κ2) is 37.4. The predicted molar refractivity (Wildman–Crippen MR) is 190 cm³/mol. The Balaban J connectivity index is 0. The summed E-state index contributed by atoms with van der Waals surface area (Å²) in [6.45, 7) is 15.3. The Morgan fingerprint density at radius 2 is 0.357 bits per heavy atom. The predicted octanol–water partition coefficient (Wildman–Crippen LogP) is 11.4. The zero-order chi connectivity index (χ0) is 30.0. The van der Waals surface area contributed by atoms with E-state index >= 15 is 0 Å². The lowest BCUT2D eigenvalue weighted by Crippen LogP contribution is -3.00. The van der Waals surface area contributed by atoms with Gasteiger partial charge in [0.15, 0.2) is 0 Å². The molecule has 0 aliphatic carbocycles. The summed E-state index contributed by atoms with van der Waals surface area (Å²) in [6, 6.07) is 0. The molecular formula is C40H84ClN. The Bertz CT molecular complexity index is 379. The fraction of sp³-hybridized carbons (Fsp3) is 1.00. The Labute approximate surface area is 275 Å². The molecule has 0 saturated heterocycles. The topological polar surface area (TPSA) is 0 Å². The molecule has 0 aromatic carbocycles. The third-order valence-corrected chi connectivity index (χ3v) is 9.94. The molecule has 256 valence electrons. The molecule has 0 atom stereocenters. The van der Waals surface area contributed by atoms with Crippen LogP contribution in [0.1, 0.15) is 233 Å². The average Bonchev–Trinajstić information content (AvgIpc) is 2.98. The highest BCUT2D eigenvalue weighted by molar-refractivity contribution is 4.56. The van der Waals surface area contributed by atoms with E-state index in [0.717, 1.165) is 0 Å². The fourth-order valence-electron chi connectivity index (χ4n) is 7.00. The highest BCUT2D eigenvalue weighted by atomic mass is 35.5. The standard InChI is InChI=1S/C40H84N.ClH/c1-5-9-13-17-21-25-29-33-37-41(38-34-30-26-22-18-14-10-6-2,39-35-31-27-23-19-15-11-7-3)40-36-32-28-24-20-16-12-8-4;/h5-40H2,1-4H3;1H/q+1;/p-1. The van der Waals surface area contributed by atoms with Gasteiger partial charge in [0.25, 0.3) is 0 Å². The molecule has 0 bridgehead atoms. The molecule has 0 aromatic heterocycles. The summed E-state index contributed by atoms with van der Waals surface area (Å²) in [4.78, 5) is 0. The molecule has 0 radical (unpaired) electrons. The Hall–Kier alpha value is 0.250. The quantitative estimate of drug-likeness (QED) is 0.0487. The van der Waals surface area contributed by atoms with Crippen LogP contribution in [0.4, 0.5) is 0 Å². The molecule has 2 heteroatoms.